The van der Waals surface area contributed by atoms with Crippen molar-refractivity contribution in [3.8, 4) is 23.0 Å². The van der Waals surface area contributed by atoms with E-state index in [1.54, 1.807) is 82.3 Å². The van der Waals surface area contributed by atoms with Crippen molar-refractivity contribution in [2.24, 2.45) is 40.9 Å². The number of methoxy groups -OCH3 is 1. The number of nitrogens with zero attached hydrogens (tertiary/aromatic N) is 8. The number of azo groups is 4. The van der Waals surface area contributed by atoms with Crippen molar-refractivity contribution in [2.45, 2.75) is 50.3 Å². The molecule has 0 aliphatic rings. The largest absolute Gasteiger partial charge is 0.505 e. The standard InChI is InChI=1S/C62H58N10O17S4/c1-36-25-46(65-68-52-26-38(3)53(27-37(52)2)70-72-60-59(93(84,85)86)33-42-30-44(15-18-49(42)61(60)73)63-43-11-7-6-8-12-43)16-20-50(36)66-71-55-28-39(4)54(35-57(55)89-22-10-24-91(78,79)80)69-67-51-19-13-40(32-56(51)87-5)62(74)64-45-14-17-48-41(29-45)31-47(34-58(48)92(81,82)83)88-21-9-23-90(75,76)77/h6-8,11-20,25-35,63,73H,9-10,21-24H2,1-5H3,(H,64,74)(H,75,76,77)(H,78,79,80)(H,81,82,83)(H,84,85,86). The van der Waals surface area contributed by atoms with Gasteiger partial charge in [0.1, 0.15) is 44.1 Å². The summed E-state index contributed by atoms with van der Waals surface area (Å²) in [4.78, 5) is 12.4. The number of carbonyl (C=O) groups is 1. The van der Waals surface area contributed by atoms with Gasteiger partial charge in [0.15, 0.2) is 5.75 Å². The molecular weight excluding hydrogens is 1290 g/mol. The van der Waals surface area contributed by atoms with Crippen molar-refractivity contribution in [3.05, 3.63) is 173 Å². The summed E-state index contributed by atoms with van der Waals surface area (Å²) in [7, 11) is -16.9. The molecule has 0 saturated heterocycles. The fraction of sp³-hybridized carbons (Fsp3) is 0.177. The zero-order valence-electron chi connectivity index (χ0n) is 49.9. The monoisotopic (exact) mass is 1340 g/mol. The lowest BCUT2D eigenvalue weighted by Gasteiger charge is -2.12. The van der Waals surface area contributed by atoms with E-state index >= 15 is 0 Å². The summed E-state index contributed by atoms with van der Waals surface area (Å²) >= 11 is 0. The molecule has 9 aromatic carbocycles. The predicted octanol–water partition coefficient (Wildman–Crippen LogP) is 15.4. The maximum Gasteiger partial charge on any atom is 0.296 e. The molecule has 0 radical (unpaired) electrons. The quantitative estimate of drug-likeness (QED) is 0.0159. The second-order valence-corrected chi connectivity index (χ2v) is 26.8. The van der Waals surface area contributed by atoms with Gasteiger partial charge >= 0.3 is 0 Å². The summed E-state index contributed by atoms with van der Waals surface area (Å²) < 4.78 is 151. The second kappa shape index (κ2) is 28.3. The van der Waals surface area contributed by atoms with Gasteiger partial charge in [-0.25, -0.2) is 0 Å². The topological polar surface area (TPSA) is 405 Å². The highest BCUT2D eigenvalue weighted by Gasteiger charge is 2.24. The first kappa shape index (κ1) is 67.4. The Balaban J connectivity index is 0.893. The number of ether oxygens (including phenoxy) is 3. The minimum Gasteiger partial charge on any atom is -0.505 e. The zero-order chi connectivity index (χ0) is 67.0. The smallest absolute Gasteiger partial charge is 0.296 e. The van der Waals surface area contributed by atoms with E-state index in [-0.39, 0.29) is 82.1 Å². The third-order valence-corrected chi connectivity index (χ3v) is 17.3. The van der Waals surface area contributed by atoms with Crippen LogP contribution in [0.5, 0.6) is 23.0 Å². The Hall–Kier alpha value is -9.99. The Morgan fingerprint density at radius 3 is 1.65 bits per heavy atom. The number of aryl methyl sites for hydroxylation is 4. The number of hydrogen-bond donors (Lipinski definition) is 7. The molecule has 9 aromatic rings. The molecule has 93 heavy (non-hydrogen) atoms. The molecule has 482 valence electrons. The number of anilines is 3. The van der Waals surface area contributed by atoms with Gasteiger partial charge in [0.05, 0.1) is 60.3 Å². The molecule has 0 unspecified atom stereocenters. The number of aromatic hydroxyl groups is 1. The van der Waals surface area contributed by atoms with Crippen LogP contribution in [-0.4, -0.2) is 94.7 Å². The van der Waals surface area contributed by atoms with Gasteiger partial charge in [-0.05, 0) is 183 Å². The van der Waals surface area contributed by atoms with Crippen molar-refractivity contribution in [3.63, 3.8) is 0 Å². The van der Waals surface area contributed by atoms with Crippen molar-refractivity contribution in [2.75, 3.05) is 42.5 Å². The van der Waals surface area contributed by atoms with Crippen LogP contribution in [0.2, 0.25) is 0 Å². The lowest BCUT2D eigenvalue weighted by atomic mass is 10.1. The molecule has 0 aliphatic carbocycles. The molecule has 31 heteroatoms. The molecule has 0 fully saturated rings. The average molecular weight is 1340 g/mol. The normalized spacial score (nSPS) is 12.4. The number of benzene rings is 9. The summed E-state index contributed by atoms with van der Waals surface area (Å²) in [5, 5.41) is 53.2. The van der Waals surface area contributed by atoms with Crippen LogP contribution in [0.15, 0.2) is 196 Å². The number of rotatable bonds is 25. The van der Waals surface area contributed by atoms with Gasteiger partial charge in [0.2, 0.25) is 0 Å². The van der Waals surface area contributed by atoms with Gasteiger partial charge in [-0.2, -0.15) is 59.2 Å². The van der Waals surface area contributed by atoms with Crippen LogP contribution in [0.1, 0.15) is 45.5 Å². The predicted molar refractivity (Wildman–Crippen MR) is 348 cm³/mol. The highest BCUT2D eigenvalue weighted by Crippen LogP contribution is 2.44. The van der Waals surface area contributed by atoms with Crippen molar-refractivity contribution < 1.29 is 76.0 Å². The Labute approximate surface area is 533 Å². The molecule has 27 nitrogen and oxygen atoms in total. The summed E-state index contributed by atoms with van der Waals surface area (Å²) in [6.45, 7) is 6.64. The van der Waals surface area contributed by atoms with Crippen LogP contribution in [0.4, 0.5) is 62.6 Å². The first-order valence-corrected chi connectivity index (χ1v) is 33.9. The Morgan fingerprint density at radius 1 is 0.462 bits per heavy atom. The Kier molecular flexibility index (Phi) is 20.5. The fourth-order valence-electron chi connectivity index (χ4n) is 9.26. The molecular formula is C62H58N10O17S4. The third kappa shape index (κ3) is 17.7. The van der Waals surface area contributed by atoms with Gasteiger partial charge in [-0.15, -0.1) is 15.3 Å². The number of hydrogen-bond acceptors (Lipinski definition) is 22. The molecule has 9 rings (SSSR count). The van der Waals surface area contributed by atoms with Crippen LogP contribution in [0, 0.1) is 27.7 Å². The number of phenols is 1. The molecule has 0 aromatic heterocycles. The molecule has 0 bridgehead atoms. The second-order valence-electron chi connectivity index (χ2n) is 20.9. The summed E-state index contributed by atoms with van der Waals surface area (Å²) in [6, 6.07) is 38.1. The first-order valence-electron chi connectivity index (χ1n) is 27.8. The number of carbonyl (C=O) groups excluding carboxylic acids is 1. The molecule has 0 spiro atoms. The Bertz CT molecular complexity index is 5020. The number of phenolic OH excluding ortho intramolecular Hbond substituents is 1. The summed E-state index contributed by atoms with van der Waals surface area (Å²) in [5.74, 6) is -2.04. The van der Waals surface area contributed by atoms with Crippen LogP contribution in [-0.2, 0) is 40.5 Å². The molecule has 7 N–H and O–H groups in total. The molecule has 1 amide bonds. The highest BCUT2D eigenvalue weighted by molar-refractivity contribution is 7.86. The van der Waals surface area contributed by atoms with Gasteiger partial charge in [-0.1, -0.05) is 24.3 Å². The van der Waals surface area contributed by atoms with Crippen molar-refractivity contribution >= 4 is 130 Å². The van der Waals surface area contributed by atoms with E-state index in [0.29, 0.717) is 61.8 Å². The lowest BCUT2D eigenvalue weighted by Crippen LogP contribution is -2.12. The third-order valence-electron chi connectivity index (χ3n) is 13.9. The van der Waals surface area contributed by atoms with E-state index < -0.39 is 79.1 Å². The van der Waals surface area contributed by atoms with E-state index in [1.165, 1.54) is 61.7 Å². The van der Waals surface area contributed by atoms with Crippen molar-refractivity contribution in [1.82, 2.24) is 0 Å². The molecule has 0 atom stereocenters. The molecule has 0 heterocycles. The lowest BCUT2D eigenvalue weighted by molar-refractivity contribution is 0.102. The number of para-hydroxylation sites is 1. The van der Waals surface area contributed by atoms with Crippen LogP contribution in [0.3, 0.4) is 0 Å². The highest BCUT2D eigenvalue weighted by atomic mass is 32.2. The zero-order valence-corrected chi connectivity index (χ0v) is 53.2. The number of amides is 1. The first-order chi connectivity index (χ1) is 44.0. The van der Waals surface area contributed by atoms with Gasteiger partial charge in [0, 0.05) is 45.5 Å². The van der Waals surface area contributed by atoms with Crippen molar-refractivity contribution in [1.29, 1.82) is 0 Å². The van der Waals surface area contributed by atoms with Crippen LogP contribution < -0.4 is 24.8 Å². The van der Waals surface area contributed by atoms with Crippen LogP contribution in [0.25, 0.3) is 21.5 Å². The molecule has 0 aliphatic heterocycles. The van der Waals surface area contributed by atoms with Gasteiger partial charge < -0.3 is 30.0 Å². The van der Waals surface area contributed by atoms with E-state index in [2.05, 4.69) is 51.5 Å². The van der Waals surface area contributed by atoms with E-state index in [0.717, 1.165) is 11.8 Å². The number of fused-ring (bicyclic) bond motifs is 2. The fourth-order valence-corrected chi connectivity index (χ4v) is 11.6. The van der Waals surface area contributed by atoms with E-state index in [4.69, 9.17) is 18.8 Å². The minimum atomic E-state index is -4.88. The van der Waals surface area contributed by atoms with Gasteiger partial charge in [0.25, 0.3) is 46.4 Å². The maximum atomic E-state index is 13.6. The maximum absolute atomic E-state index is 13.6. The van der Waals surface area contributed by atoms with Crippen LogP contribution >= 0.6 is 0 Å². The average Bonchev–Trinajstić information content (AvgIpc) is 0.787. The minimum absolute atomic E-state index is 0.0332. The van der Waals surface area contributed by atoms with Gasteiger partial charge in [-0.3, -0.25) is 23.0 Å². The SMILES string of the molecule is COc1cc(C(=O)Nc2ccc3c(S(=O)(=O)O)cc(OCCCS(=O)(=O)O)cc3c2)ccc1N=Nc1cc(OCCCS(=O)(=O)O)c(N=Nc2ccc(N=Nc3cc(C)c(N=Nc4c(S(=O)(=O)O)cc5cc(Nc6ccccc6)ccc5c4O)cc3C)cc2C)cc1C. The Morgan fingerprint density at radius 2 is 1.00 bits per heavy atom. The number of nitrogens with one attached hydrogen (secondary N) is 2. The van der Waals surface area contributed by atoms with E-state index in [1.807, 2.05) is 30.3 Å². The van der Waals surface area contributed by atoms with E-state index in [9.17, 15) is 57.2 Å². The summed E-state index contributed by atoms with van der Waals surface area (Å²) in [5.41, 5.74) is 6.13. The molecule has 0 saturated carbocycles. The summed E-state index contributed by atoms with van der Waals surface area (Å²) in [6.07, 6.45) is -0.196.